The standard InChI is InChI=1S/C23H25F2N3O2/c24-17-7-6-15(21(25)11-17)12-26-13-22(29)28-10-2-3-16(14-28)18-4-1-5-20-19(18)8-9-27-23(20)30/h1,4-7,11,16,26H,2-3,8-10,12-14H2,(H,27,30). The molecule has 7 heteroatoms. The number of benzene rings is 2. The van der Waals surface area contributed by atoms with Crippen LogP contribution in [0, 0.1) is 11.6 Å². The fourth-order valence-corrected chi connectivity index (χ4v) is 4.41. The van der Waals surface area contributed by atoms with Gasteiger partial charge in [0.25, 0.3) is 5.91 Å². The normalized spacial score (nSPS) is 18.7. The number of nitrogens with one attached hydrogen (secondary N) is 2. The summed E-state index contributed by atoms with van der Waals surface area (Å²) in [5, 5.41) is 5.84. The largest absolute Gasteiger partial charge is 0.352 e. The van der Waals surface area contributed by atoms with Gasteiger partial charge < -0.3 is 15.5 Å². The molecule has 0 spiro atoms. The average Bonchev–Trinajstić information content (AvgIpc) is 2.75. The molecule has 2 aliphatic heterocycles. The van der Waals surface area contributed by atoms with E-state index < -0.39 is 11.6 Å². The lowest BCUT2D eigenvalue weighted by Gasteiger charge is -2.35. The Morgan fingerprint density at radius 1 is 1.23 bits per heavy atom. The summed E-state index contributed by atoms with van der Waals surface area (Å²) in [7, 11) is 0. The minimum Gasteiger partial charge on any atom is -0.352 e. The third-order valence-corrected chi connectivity index (χ3v) is 5.94. The Labute approximate surface area is 174 Å². The topological polar surface area (TPSA) is 61.4 Å². The van der Waals surface area contributed by atoms with Crippen molar-refractivity contribution < 1.29 is 18.4 Å². The fourth-order valence-electron chi connectivity index (χ4n) is 4.41. The first-order valence-corrected chi connectivity index (χ1v) is 10.4. The van der Waals surface area contributed by atoms with Crippen molar-refractivity contribution in [2.45, 2.75) is 31.7 Å². The van der Waals surface area contributed by atoms with Crippen LogP contribution in [-0.4, -0.2) is 42.9 Å². The number of fused-ring (bicyclic) bond motifs is 1. The van der Waals surface area contributed by atoms with Gasteiger partial charge in [-0.2, -0.15) is 0 Å². The predicted molar refractivity (Wildman–Crippen MR) is 109 cm³/mol. The molecule has 1 saturated heterocycles. The van der Waals surface area contributed by atoms with Crippen LogP contribution in [0.2, 0.25) is 0 Å². The van der Waals surface area contributed by atoms with Gasteiger partial charge in [-0.25, -0.2) is 8.78 Å². The number of amides is 2. The first-order valence-electron chi connectivity index (χ1n) is 10.4. The van der Waals surface area contributed by atoms with E-state index in [0.717, 1.165) is 36.5 Å². The second-order valence-electron chi connectivity index (χ2n) is 7.90. The van der Waals surface area contributed by atoms with Crippen molar-refractivity contribution >= 4 is 11.8 Å². The van der Waals surface area contributed by atoms with E-state index >= 15 is 0 Å². The average molecular weight is 413 g/mol. The number of carbonyl (C=O) groups excluding carboxylic acids is 2. The Balaban J connectivity index is 1.38. The Kier molecular flexibility index (Phi) is 6.08. The van der Waals surface area contributed by atoms with E-state index in [4.69, 9.17) is 0 Å². The van der Waals surface area contributed by atoms with Gasteiger partial charge in [0.05, 0.1) is 6.54 Å². The van der Waals surface area contributed by atoms with Crippen LogP contribution in [0.15, 0.2) is 36.4 Å². The third kappa shape index (κ3) is 4.36. The minimum atomic E-state index is -0.620. The molecule has 4 rings (SSSR count). The fraction of sp³-hybridized carbons (Fsp3) is 0.391. The predicted octanol–water partition coefficient (Wildman–Crippen LogP) is 2.75. The van der Waals surface area contributed by atoms with Crippen LogP contribution in [0.3, 0.4) is 0 Å². The first kappa shape index (κ1) is 20.5. The molecule has 2 aromatic carbocycles. The lowest BCUT2D eigenvalue weighted by Crippen LogP contribution is -2.43. The lowest BCUT2D eigenvalue weighted by atomic mass is 9.83. The highest BCUT2D eigenvalue weighted by molar-refractivity contribution is 5.97. The molecule has 0 radical (unpaired) electrons. The minimum absolute atomic E-state index is 0.0286. The van der Waals surface area contributed by atoms with Crippen LogP contribution in [-0.2, 0) is 17.8 Å². The van der Waals surface area contributed by atoms with Gasteiger partial charge in [-0.15, -0.1) is 0 Å². The maximum atomic E-state index is 13.7. The highest BCUT2D eigenvalue weighted by Crippen LogP contribution is 2.32. The summed E-state index contributed by atoms with van der Waals surface area (Å²) in [4.78, 5) is 26.7. The van der Waals surface area contributed by atoms with E-state index in [0.29, 0.717) is 25.2 Å². The molecule has 0 aliphatic carbocycles. The van der Waals surface area contributed by atoms with Crippen molar-refractivity contribution in [2.75, 3.05) is 26.2 Å². The summed E-state index contributed by atoms with van der Waals surface area (Å²) in [5.41, 5.74) is 3.34. The van der Waals surface area contributed by atoms with Crippen molar-refractivity contribution in [2.24, 2.45) is 0 Å². The summed E-state index contributed by atoms with van der Waals surface area (Å²) in [6, 6.07) is 9.28. The first-order chi connectivity index (χ1) is 14.5. The molecule has 1 fully saturated rings. The Morgan fingerprint density at radius 2 is 2.10 bits per heavy atom. The van der Waals surface area contributed by atoms with Gasteiger partial charge in [0, 0.05) is 49.3 Å². The molecule has 2 N–H and O–H groups in total. The zero-order valence-electron chi connectivity index (χ0n) is 16.7. The van der Waals surface area contributed by atoms with E-state index in [1.54, 1.807) is 0 Å². The van der Waals surface area contributed by atoms with Crippen LogP contribution < -0.4 is 10.6 Å². The van der Waals surface area contributed by atoms with Gasteiger partial charge in [-0.1, -0.05) is 18.2 Å². The van der Waals surface area contributed by atoms with Crippen LogP contribution >= 0.6 is 0 Å². The summed E-state index contributed by atoms with van der Waals surface area (Å²) in [5.74, 6) is -1.10. The summed E-state index contributed by atoms with van der Waals surface area (Å²) in [6.07, 6.45) is 2.70. The number of hydrogen-bond donors (Lipinski definition) is 2. The Morgan fingerprint density at radius 3 is 2.93 bits per heavy atom. The number of carbonyl (C=O) groups is 2. The molecule has 30 heavy (non-hydrogen) atoms. The summed E-state index contributed by atoms with van der Waals surface area (Å²) < 4.78 is 26.7. The van der Waals surface area contributed by atoms with Crippen LogP contribution in [0.25, 0.3) is 0 Å². The molecule has 158 valence electrons. The molecular formula is C23H25F2N3O2. The molecule has 2 heterocycles. The van der Waals surface area contributed by atoms with Crippen LogP contribution in [0.1, 0.15) is 45.8 Å². The van der Waals surface area contributed by atoms with E-state index in [2.05, 4.69) is 16.7 Å². The van der Waals surface area contributed by atoms with E-state index in [9.17, 15) is 18.4 Å². The van der Waals surface area contributed by atoms with Crippen molar-refractivity contribution in [1.29, 1.82) is 0 Å². The van der Waals surface area contributed by atoms with Crippen LogP contribution in [0.5, 0.6) is 0 Å². The molecule has 1 atom stereocenters. The number of piperidine rings is 1. The van der Waals surface area contributed by atoms with Gasteiger partial charge in [0.15, 0.2) is 0 Å². The number of nitrogens with zero attached hydrogens (tertiary/aromatic N) is 1. The molecule has 2 aromatic rings. The Hall–Kier alpha value is -2.80. The Bertz CT molecular complexity index is 963. The van der Waals surface area contributed by atoms with Gasteiger partial charge in [0.2, 0.25) is 5.91 Å². The van der Waals surface area contributed by atoms with Gasteiger partial charge in [-0.3, -0.25) is 9.59 Å². The molecule has 2 aliphatic rings. The zero-order valence-corrected chi connectivity index (χ0v) is 16.7. The SMILES string of the molecule is O=C1NCCc2c1cccc2C1CCCN(C(=O)CNCc2ccc(F)cc2F)C1. The molecule has 0 aromatic heterocycles. The van der Waals surface area contributed by atoms with Crippen molar-refractivity contribution in [3.05, 3.63) is 70.3 Å². The highest BCUT2D eigenvalue weighted by Gasteiger charge is 2.28. The van der Waals surface area contributed by atoms with E-state index in [1.165, 1.54) is 17.7 Å². The molecule has 0 saturated carbocycles. The van der Waals surface area contributed by atoms with E-state index in [1.807, 2.05) is 17.0 Å². The number of hydrogen-bond acceptors (Lipinski definition) is 3. The van der Waals surface area contributed by atoms with Gasteiger partial charge in [0.1, 0.15) is 11.6 Å². The number of rotatable bonds is 5. The monoisotopic (exact) mass is 413 g/mol. The number of likely N-dealkylation sites (tertiary alicyclic amines) is 1. The third-order valence-electron chi connectivity index (χ3n) is 5.94. The second-order valence-corrected chi connectivity index (χ2v) is 7.90. The van der Waals surface area contributed by atoms with Crippen molar-refractivity contribution in [3.63, 3.8) is 0 Å². The molecule has 2 amide bonds. The van der Waals surface area contributed by atoms with Gasteiger partial charge in [-0.05, 0) is 42.5 Å². The maximum Gasteiger partial charge on any atom is 0.251 e. The van der Waals surface area contributed by atoms with Crippen molar-refractivity contribution in [1.82, 2.24) is 15.5 Å². The quantitative estimate of drug-likeness (QED) is 0.793. The molecule has 5 nitrogen and oxygen atoms in total. The molecule has 1 unspecified atom stereocenters. The second kappa shape index (κ2) is 8.92. The number of halogens is 2. The van der Waals surface area contributed by atoms with Crippen LogP contribution in [0.4, 0.5) is 8.78 Å². The highest BCUT2D eigenvalue weighted by atomic mass is 19.1. The lowest BCUT2D eigenvalue weighted by molar-refractivity contribution is -0.131. The van der Waals surface area contributed by atoms with E-state index in [-0.39, 0.29) is 30.8 Å². The summed E-state index contributed by atoms with van der Waals surface area (Å²) in [6.45, 7) is 2.21. The summed E-state index contributed by atoms with van der Waals surface area (Å²) >= 11 is 0. The molecule has 0 bridgehead atoms. The van der Waals surface area contributed by atoms with Gasteiger partial charge >= 0.3 is 0 Å². The van der Waals surface area contributed by atoms with Crippen molar-refractivity contribution in [3.8, 4) is 0 Å². The smallest absolute Gasteiger partial charge is 0.251 e. The zero-order chi connectivity index (χ0) is 21.1. The molecular weight excluding hydrogens is 388 g/mol. The maximum absolute atomic E-state index is 13.7.